The van der Waals surface area contributed by atoms with E-state index in [0.29, 0.717) is 41.7 Å². The first-order chi connectivity index (χ1) is 15.7. The second kappa shape index (κ2) is 8.37. The Morgan fingerprint density at radius 2 is 1.94 bits per heavy atom. The second-order valence-electron chi connectivity index (χ2n) is 12.2. The van der Waals surface area contributed by atoms with Gasteiger partial charge in [0.15, 0.2) is 11.5 Å². The Balaban J connectivity index is 1.36. The average Bonchev–Trinajstić information content (AvgIpc) is 3.37. The highest BCUT2D eigenvalue weighted by Gasteiger charge is 2.63. The molecule has 6 nitrogen and oxygen atoms in total. The van der Waals surface area contributed by atoms with E-state index in [1.165, 1.54) is 25.7 Å². The van der Waals surface area contributed by atoms with Crippen LogP contribution in [0.25, 0.3) is 0 Å². The van der Waals surface area contributed by atoms with Crippen LogP contribution in [-0.4, -0.2) is 47.1 Å². The van der Waals surface area contributed by atoms with Crippen molar-refractivity contribution >= 4 is 5.78 Å². The number of hydrogen-bond donors (Lipinski definition) is 1. The van der Waals surface area contributed by atoms with E-state index in [1.807, 2.05) is 20.2 Å². The molecule has 0 bridgehead atoms. The Morgan fingerprint density at radius 1 is 1.12 bits per heavy atom. The fourth-order valence-electron chi connectivity index (χ4n) is 9.12. The molecule has 4 aliphatic rings. The van der Waals surface area contributed by atoms with Crippen LogP contribution in [0.4, 0.5) is 0 Å². The molecule has 0 aromatic carbocycles. The Labute approximate surface area is 198 Å². The molecule has 1 heterocycles. The van der Waals surface area contributed by atoms with Crippen molar-refractivity contribution in [3.05, 3.63) is 12.4 Å². The fraction of sp³-hybridized carbons (Fsp3) is 0.852. The van der Waals surface area contributed by atoms with Gasteiger partial charge >= 0.3 is 0 Å². The van der Waals surface area contributed by atoms with Crippen molar-refractivity contribution in [3.8, 4) is 5.75 Å². The van der Waals surface area contributed by atoms with Crippen LogP contribution in [-0.2, 0) is 16.1 Å². The van der Waals surface area contributed by atoms with Crippen molar-refractivity contribution in [2.75, 3.05) is 20.8 Å². The van der Waals surface area contributed by atoms with Gasteiger partial charge in [-0.15, -0.1) is 0 Å². The number of aliphatic hydroxyl groups is 1. The van der Waals surface area contributed by atoms with Gasteiger partial charge in [-0.1, -0.05) is 6.92 Å². The predicted octanol–water partition coefficient (Wildman–Crippen LogP) is 4.50. The molecule has 1 aromatic rings. The predicted molar refractivity (Wildman–Crippen MR) is 126 cm³/mol. The van der Waals surface area contributed by atoms with Crippen LogP contribution in [0.15, 0.2) is 12.4 Å². The van der Waals surface area contributed by atoms with Gasteiger partial charge in [-0.2, -0.15) is 5.10 Å². The van der Waals surface area contributed by atoms with E-state index in [2.05, 4.69) is 12.0 Å². The lowest BCUT2D eigenvalue weighted by molar-refractivity contribution is -0.175. The molecule has 0 radical (unpaired) electrons. The maximum absolute atomic E-state index is 13.4. The molecule has 6 heteroatoms. The molecule has 5 rings (SSSR count). The third-order valence-corrected chi connectivity index (χ3v) is 10.6. The van der Waals surface area contributed by atoms with Crippen molar-refractivity contribution in [2.45, 2.75) is 83.8 Å². The quantitative estimate of drug-likeness (QED) is 0.680. The molecule has 0 spiro atoms. The standard InChI is InChI=1S/C27H42N2O4/c1-25(31)11-12-27(17-32-3)18(13-25)5-6-20-21-7-8-23(26(21,2)10-9-22(20)27)24(30)16-29-15-19(33-4)14-28-29/h14-15,18,20-23,31H,5-13,16-17H2,1-4H3/t18-,20-,21-,22-,23+,25+,26-,27?/m0/s1. The number of hydrogen-bond acceptors (Lipinski definition) is 5. The first-order valence-electron chi connectivity index (χ1n) is 13.0. The molecule has 184 valence electrons. The lowest BCUT2D eigenvalue weighted by Crippen LogP contribution is -2.58. The van der Waals surface area contributed by atoms with Crippen LogP contribution in [0.5, 0.6) is 5.75 Å². The number of nitrogens with zero attached hydrogens (tertiary/aromatic N) is 2. The summed E-state index contributed by atoms with van der Waals surface area (Å²) in [5.41, 5.74) is -0.232. The zero-order valence-corrected chi connectivity index (χ0v) is 20.9. The van der Waals surface area contributed by atoms with Gasteiger partial charge in [0, 0.05) is 13.0 Å². The largest absolute Gasteiger partial charge is 0.493 e. The summed E-state index contributed by atoms with van der Waals surface area (Å²) in [5.74, 6) is 3.68. The number of methoxy groups -OCH3 is 2. The normalized spacial score (nSPS) is 44.6. The van der Waals surface area contributed by atoms with Gasteiger partial charge in [0.2, 0.25) is 0 Å². The number of ether oxygens (including phenoxy) is 2. The van der Waals surface area contributed by atoms with Crippen LogP contribution in [0.3, 0.4) is 0 Å². The fourth-order valence-corrected chi connectivity index (χ4v) is 9.12. The van der Waals surface area contributed by atoms with Crippen molar-refractivity contribution in [1.82, 2.24) is 9.78 Å². The number of carbonyl (C=O) groups is 1. The zero-order chi connectivity index (χ0) is 23.4. The molecule has 1 N–H and O–H groups in total. The highest BCUT2D eigenvalue weighted by molar-refractivity contribution is 5.82. The first kappa shape index (κ1) is 23.3. The van der Waals surface area contributed by atoms with E-state index >= 15 is 0 Å². The minimum absolute atomic E-state index is 0.0940. The van der Waals surface area contributed by atoms with Gasteiger partial charge in [-0.25, -0.2) is 0 Å². The lowest BCUT2D eigenvalue weighted by atomic mass is 9.43. The number of Topliss-reactive ketones (excluding diaryl/α,β-unsaturated/α-hetero) is 1. The number of fused-ring (bicyclic) bond motifs is 5. The molecular formula is C27H42N2O4. The van der Waals surface area contributed by atoms with Crippen molar-refractivity contribution in [1.29, 1.82) is 0 Å². The van der Waals surface area contributed by atoms with Gasteiger partial charge in [-0.3, -0.25) is 9.48 Å². The van der Waals surface area contributed by atoms with E-state index in [9.17, 15) is 9.90 Å². The topological polar surface area (TPSA) is 73.6 Å². The summed E-state index contributed by atoms with van der Waals surface area (Å²) < 4.78 is 12.8. The minimum atomic E-state index is -0.530. The minimum Gasteiger partial charge on any atom is -0.493 e. The van der Waals surface area contributed by atoms with Crippen LogP contribution >= 0.6 is 0 Å². The van der Waals surface area contributed by atoms with Crippen molar-refractivity contribution in [2.24, 2.45) is 40.4 Å². The second-order valence-corrected chi connectivity index (χ2v) is 12.2. The van der Waals surface area contributed by atoms with Gasteiger partial charge in [-0.05, 0) is 99.2 Å². The number of rotatable bonds is 6. The van der Waals surface area contributed by atoms with Crippen LogP contribution in [0.1, 0.15) is 71.6 Å². The molecule has 33 heavy (non-hydrogen) atoms. The summed E-state index contributed by atoms with van der Waals surface area (Å²) in [6, 6.07) is 0. The summed E-state index contributed by atoms with van der Waals surface area (Å²) in [4.78, 5) is 13.4. The number of aromatic nitrogens is 2. The molecule has 1 aromatic heterocycles. The van der Waals surface area contributed by atoms with E-state index in [0.717, 1.165) is 38.7 Å². The number of ketones is 1. The van der Waals surface area contributed by atoms with E-state index in [-0.39, 0.29) is 16.7 Å². The maximum atomic E-state index is 13.4. The maximum Gasteiger partial charge on any atom is 0.157 e. The molecule has 4 aliphatic carbocycles. The summed E-state index contributed by atoms with van der Waals surface area (Å²) in [7, 11) is 3.48. The van der Waals surface area contributed by atoms with Gasteiger partial charge in [0.05, 0.1) is 38.3 Å². The number of carbonyl (C=O) groups excluding carboxylic acids is 1. The molecular weight excluding hydrogens is 416 g/mol. The molecule has 0 saturated heterocycles. The van der Waals surface area contributed by atoms with Gasteiger partial charge in [0.25, 0.3) is 0 Å². The summed E-state index contributed by atoms with van der Waals surface area (Å²) in [6.07, 6.45) is 13.3. The Kier molecular flexibility index (Phi) is 5.92. The Morgan fingerprint density at radius 3 is 2.67 bits per heavy atom. The lowest BCUT2D eigenvalue weighted by Gasteiger charge is -2.62. The zero-order valence-electron chi connectivity index (χ0n) is 20.9. The van der Waals surface area contributed by atoms with Crippen LogP contribution in [0.2, 0.25) is 0 Å². The third-order valence-electron chi connectivity index (χ3n) is 10.6. The molecule has 4 saturated carbocycles. The van der Waals surface area contributed by atoms with E-state index in [1.54, 1.807) is 18.0 Å². The first-order valence-corrected chi connectivity index (χ1v) is 13.0. The van der Waals surface area contributed by atoms with Gasteiger partial charge < -0.3 is 14.6 Å². The van der Waals surface area contributed by atoms with Crippen LogP contribution in [0, 0.1) is 40.4 Å². The highest BCUT2D eigenvalue weighted by atomic mass is 16.5. The third kappa shape index (κ3) is 3.76. The summed E-state index contributed by atoms with van der Waals surface area (Å²) in [5, 5.41) is 15.1. The Hall–Kier alpha value is -1.40. The smallest absolute Gasteiger partial charge is 0.157 e. The van der Waals surface area contributed by atoms with Gasteiger partial charge in [0.1, 0.15) is 0 Å². The van der Waals surface area contributed by atoms with E-state index in [4.69, 9.17) is 9.47 Å². The average molecular weight is 459 g/mol. The summed E-state index contributed by atoms with van der Waals surface area (Å²) in [6.45, 7) is 5.60. The molecule has 8 atom stereocenters. The summed E-state index contributed by atoms with van der Waals surface area (Å²) >= 11 is 0. The monoisotopic (exact) mass is 458 g/mol. The molecule has 1 unspecified atom stereocenters. The van der Waals surface area contributed by atoms with Crippen molar-refractivity contribution < 1.29 is 19.4 Å². The molecule has 0 aliphatic heterocycles. The van der Waals surface area contributed by atoms with Crippen LogP contribution < -0.4 is 4.74 Å². The highest BCUT2D eigenvalue weighted by Crippen LogP contribution is 2.68. The SMILES string of the molecule is COCC12CC[C@@](C)(O)C[C@@H]1CC[C@@H]1[C@@H]2CC[C@]2(C)[C@@H](C(=O)Cn3cc(OC)cn3)CC[C@@H]12. The van der Waals surface area contributed by atoms with Crippen molar-refractivity contribution in [3.63, 3.8) is 0 Å². The Bertz CT molecular complexity index is 881. The van der Waals surface area contributed by atoms with E-state index < -0.39 is 5.60 Å². The molecule has 0 amide bonds. The molecule has 4 fully saturated rings.